The molecular weight excluding hydrogens is 255 g/mol. The Balaban J connectivity index is 3.09. The fourth-order valence-electron chi connectivity index (χ4n) is 1.59. The highest BCUT2D eigenvalue weighted by molar-refractivity contribution is 7.54. The molecule has 18 heavy (non-hydrogen) atoms. The van der Waals surface area contributed by atoms with E-state index in [1.54, 1.807) is 38.1 Å². The molecule has 0 fully saturated rings. The van der Waals surface area contributed by atoms with Gasteiger partial charge in [0.15, 0.2) is 5.85 Å². The second kappa shape index (κ2) is 6.90. The SMILES string of the molecule is CCOP(=O)(OCC)[C@@H](O)c1ccccc1OC. The van der Waals surface area contributed by atoms with Gasteiger partial charge < -0.3 is 18.9 Å². The molecule has 1 rings (SSSR count). The maximum absolute atomic E-state index is 12.4. The van der Waals surface area contributed by atoms with Crippen LogP contribution in [-0.2, 0) is 13.6 Å². The average Bonchev–Trinajstić information content (AvgIpc) is 2.38. The van der Waals surface area contributed by atoms with E-state index in [9.17, 15) is 9.67 Å². The van der Waals surface area contributed by atoms with E-state index in [0.29, 0.717) is 11.3 Å². The number of para-hydroxylation sites is 1. The molecule has 0 saturated carbocycles. The van der Waals surface area contributed by atoms with Crippen molar-refractivity contribution in [3.63, 3.8) is 0 Å². The lowest BCUT2D eigenvalue weighted by Crippen LogP contribution is -2.07. The molecule has 0 spiro atoms. The Morgan fingerprint density at radius 2 is 1.78 bits per heavy atom. The van der Waals surface area contributed by atoms with E-state index in [2.05, 4.69) is 0 Å². The predicted octanol–water partition coefficient (Wildman–Crippen LogP) is 2.95. The Bertz CT molecular complexity index is 411. The number of hydrogen-bond donors (Lipinski definition) is 1. The smallest absolute Gasteiger partial charge is 0.363 e. The van der Waals surface area contributed by atoms with E-state index < -0.39 is 13.4 Å². The highest BCUT2D eigenvalue weighted by Gasteiger charge is 2.36. The first-order chi connectivity index (χ1) is 8.59. The zero-order valence-corrected chi connectivity index (χ0v) is 11.7. The summed E-state index contributed by atoms with van der Waals surface area (Å²) in [4.78, 5) is 0. The van der Waals surface area contributed by atoms with E-state index in [-0.39, 0.29) is 13.2 Å². The molecule has 1 aromatic carbocycles. The monoisotopic (exact) mass is 274 g/mol. The summed E-state index contributed by atoms with van der Waals surface area (Å²) < 4.78 is 27.8. The van der Waals surface area contributed by atoms with Gasteiger partial charge in [-0.05, 0) is 19.9 Å². The largest absolute Gasteiger partial charge is 0.496 e. The van der Waals surface area contributed by atoms with Crippen molar-refractivity contribution in [2.45, 2.75) is 19.7 Å². The first kappa shape index (κ1) is 15.2. The van der Waals surface area contributed by atoms with Crippen LogP contribution in [0.25, 0.3) is 0 Å². The quantitative estimate of drug-likeness (QED) is 0.774. The maximum atomic E-state index is 12.4. The van der Waals surface area contributed by atoms with Crippen LogP contribution in [0.1, 0.15) is 25.3 Å². The molecule has 0 bridgehead atoms. The first-order valence-corrected chi connectivity index (χ1v) is 7.40. The molecular formula is C12H19O5P. The van der Waals surface area contributed by atoms with Crippen LogP contribution in [-0.4, -0.2) is 25.4 Å². The number of ether oxygens (including phenoxy) is 1. The summed E-state index contributed by atoms with van der Waals surface area (Å²) in [5, 5.41) is 10.2. The fraction of sp³-hybridized carbons (Fsp3) is 0.500. The minimum atomic E-state index is -3.60. The normalized spacial score (nSPS) is 13.3. The molecule has 1 aromatic rings. The number of benzene rings is 1. The van der Waals surface area contributed by atoms with Crippen LogP contribution in [0.2, 0.25) is 0 Å². The number of hydrogen-bond acceptors (Lipinski definition) is 5. The lowest BCUT2D eigenvalue weighted by atomic mass is 10.2. The topological polar surface area (TPSA) is 65.0 Å². The van der Waals surface area contributed by atoms with Gasteiger partial charge in [0.25, 0.3) is 0 Å². The van der Waals surface area contributed by atoms with Crippen LogP contribution in [0.4, 0.5) is 0 Å². The molecule has 0 aliphatic heterocycles. The zero-order chi connectivity index (χ0) is 13.6. The fourth-order valence-corrected chi connectivity index (χ4v) is 3.22. The third-order valence-electron chi connectivity index (χ3n) is 2.33. The minimum Gasteiger partial charge on any atom is -0.496 e. The molecule has 0 aliphatic rings. The Kier molecular flexibility index (Phi) is 5.82. The molecule has 0 saturated heterocycles. The average molecular weight is 274 g/mol. The van der Waals surface area contributed by atoms with Crippen LogP contribution in [0.3, 0.4) is 0 Å². The van der Waals surface area contributed by atoms with Gasteiger partial charge in [-0.2, -0.15) is 0 Å². The number of aliphatic hydroxyl groups is 1. The third-order valence-corrected chi connectivity index (χ3v) is 4.45. The highest BCUT2D eigenvalue weighted by Crippen LogP contribution is 2.60. The van der Waals surface area contributed by atoms with Crippen molar-refractivity contribution in [3.05, 3.63) is 29.8 Å². The summed E-state index contributed by atoms with van der Waals surface area (Å²) in [5.41, 5.74) is 0.394. The van der Waals surface area contributed by atoms with Crippen LogP contribution >= 0.6 is 7.60 Å². The van der Waals surface area contributed by atoms with Crippen LogP contribution in [0, 0.1) is 0 Å². The Hall–Kier alpha value is -0.870. The standard InChI is InChI=1S/C12H19O5P/c1-4-16-18(14,17-5-2)12(13)10-8-6-7-9-11(10)15-3/h6-9,12-13H,4-5H2,1-3H3/t12-/m1/s1. The molecule has 1 atom stereocenters. The highest BCUT2D eigenvalue weighted by atomic mass is 31.2. The van der Waals surface area contributed by atoms with Gasteiger partial charge in [0.1, 0.15) is 5.75 Å². The molecule has 102 valence electrons. The van der Waals surface area contributed by atoms with E-state index in [0.717, 1.165) is 0 Å². The second-order valence-corrected chi connectivity index (χ2v) is 5.58. The minimum absolute atomic E-state index is 0.198. The van der Waals surface area contributed by atoms with E-state index in [4.69, 9.17) is 13.8 Å². The summed E-state index contributed by atoms with van der Waals surface area (Å²) in [7, 11) is -2.11. The predicted molar refractivity (Wildman–Crippen MR) is 68.8 cm³/mol. The van der Waals surface area contributed by atoms with Crippen molar-refractivity contribution < 1.29 is 23.5 Å². The molecule has 0 amide bonds. The number of methoxy groups -OCH3 is 1. The maximum Gasteiger partial charge on any atom is 0.363 e. The van der Waals surface area contributed by atoms with Gasteiger partial charge in [-0.25, -0.2) is 0 Å². The van der Waals surface area contributed by atoms with Crippen LogP contribution in [0.5, 0.6) is 5.75 Å². The van der Waals surface area contributed by atoms with Crippen LogP contribution < -0.4 is 4.74 Å². The number of aliphatic hydroxyl groups excluding tert-OH is 1. The van der Waals surface area contributed by atoms with Crippen molar-refractivity contribution in [1.29, 1.82) is 0 Å². The van der Waals surface area contributed by atoms with Gasteiger partial charge in [-0.3, -0.25) is 4.57 Å². The third kappa shape index (κ3) is 3.33. The molecule has 0 heterocycles. The summed E-state index contributed by atoms with van der Waals surface area (Å²) in [6.45, 7) is 3.79. The molecule has 0 aromatic heterocycles. The molecule has 1 N–H and O–H groups in total. The van der Waals surface area contributed by atoms with E-state index in [1.165, 1.54) is 7.11 Å². The second-order valence-electron chi connectivity index (χ2n) is 3.49. The van der Waals surface area contributed by atoms with Gasteiger partial charge in [-0.1, -0.05) is 18.2 Å². The van der Waals surface area contributed by atoms with Gasteiger partial charge in [-0.15, -0.1) is 0 Å². The van der Waals surface area contributed by atoms with Gasteiger partial charge in [0, 0.05) is 5.56 Å². The van der Waals surface area contributed by atoms with Gasteiger partial charge in [0.2, 0.25) is 0 Å². The molecule has 6 heteroatoms. The Morgan fingerprint density at radius 1 is 1.22 bits per heavy atom. The van der Waals surface area contributed by atoms with E-state index >= 15 is 0 Å². The molecule has 0 radical (unpaired) electrons. The summed E-state index contributed by atoms with van der Waals surface area (Å²) in [5.74, 6) is -0.904. The van der Waals surface area contributed by atoms with Crippen LogP contribution in [0.15, 0.2) is 24.3 Å². The Labute approximate surface area is 107 Å². The van der Waals surface area contributed by atoms with Crippen molar-refractivity contribution in [2.75, 3.05) is 20.3 Å². The summed E-state index contributed by atoms with van der Waals surface area (Å²) >= 11 is 0. The molecule has 5 nitrogen and oxygen atoms in total. The molecule has 0 aliphatic carbocycles. The van der Waals surface area contributed by atoms with Crippen molar-refractivity contribution in [3.8, 4) is 5.75 Å². The lowest BCUT2D eigenvalue weighted by molar-refractivity contribution is 0.148. The first-order valence-electron chi connectivity index (χ1n) is 5.78. The zero-order valence-electron chi connectivity index (χ0n) is 10.8. The summed E-state index contributed by atoms with van der Waals surface area (Å²) in [6, 6.07) is 6.81. The number of rotatable bonds is 7. The van der Waals surface area contributed by atoms with Crippen molar-refractivity contribution >= 4 is 7.60 Å². The van der Waals surface area contributed by atoms with Gasteiger partial charge >= 0.3 is 7.60 Å². The van der Waals surface area contributed by atoms with Crippen molar-refractivity contribution in [2.24, 2.45) is 0 Å². The molecule has 0 unspecified atom stereocenters. The van der Waals surface area contributed by atoms with E-state index in [1.807, 2.05) is 0 Å². The summed E-state index contributed by atoms with van der Waals surface area (Å²) in [6.07, 6.45) is 0. The van der Waals surface area contributed by atoms with Gasteiger partial charge in [0.05, 0.1) is 20.3 Å². The Morgan fingerprint density at radius 3 is 2.28 bits per heavy atom. The van der Waals surface area contributed by atoms with Crippen molar-refractivity contribution in [1.82, 2.24) is 0 Å². The lowest BCUT2D eigenvalue weighted by Gasteiger charge is -2.23.